The molecule has 0 atom stereocenters. The molecule has 0 saturated heterocycles. The molecule has 2 aromatic carbocycles. The molecule has 0 bridgehead atoms. The van der Waals surface area contributed by atoms with Gasteiger partial charge in [0.05, 0.1) is 6.33 Å². The molecule has 1 aliphatic rings. The van der Waals surface area contributed by atoms with E-state index in [1.54, 1.807) is 12.5 Å². The van der Waals surface area contributed by atoms with Crippen molar-refractivity contribution in [2.24, 2.45) is 4.99 Å². The minimum absolute atomic E-state index is 0.0666. The van der Waals surface area contributed by atoms with Gasteiger partial charge in [0.2, 0.25) is 5.91 Å². The second-order valence-electron chi connectivity index (χ2n) is 6.00. The zero-order valence-corrected chi connectivity index (χ0v) is 13.8. The number of benzene rings is 2. The van der Waals surface area contributed by atoms with Crippen LogP contribution in [0.1, 0.15) is 12.0 Å². The summed E-state index contributed by atoms with van der Waals surface area (Å²) in [6.07, 6.45) is 6.30. The van der Waals surface area contributed by atoms with Crippen molar-refractivity contribution >= 4 is 28.2 Å². The molecule has 1 aromatic heterocycles. The topological polar surface area (TPSA) is 71.3 Å². The predicted molar refractivity (Wildman–Crippen MR) is 98.8 cm³/mol. The maximum absolute atomic E-state index is 12.0. The first-order valence-corrected chi connectivity index (χ1v) is 8.37. The third kappa shape index (κ3) is 3.24. The van der Waals surface area contributed by atoms with Crippen LogP contribution in [0.3, 0.4) is 0 Å². The third-order valence-electron chi connectivity index (χ3n) is 4.27. The molecule has 0 spiro atoms. The van der Waals surface area contributed by atoms with Crippen molar-refractivity contribution in [1.82, 2.24) is 14.9 Å². The SMILES string of the molecule is O=C(CN=C1Nc2cccc3cccc1c23)NCCCn1ccnc1. The van der Waals surface area contributed by atoms with Gasteiger partial charge in [-0.3, -0.25) is 9.79 Å². The fourth-order valence-corrected chi connectivity index (χ4v) is 3.08. The molecule has 0 saturated carbocycles. The second kappa shape index (κ2) is 6.76. The first-order chi connectivity index (χ1) is 12.3. The van der Waals surface area contributed by atoms with Gasteiger partial charge in [0, 0.05) is 42.1 Å². The fraction of sp³-hybridized carbons (Fsp3) is 0.211. The van der Waals surface area contributed by atoms with E-state index < -0.39 is 0 Å². The molecule has 0 radical (unpaired) electrons. The Morgan fingerprint density at radius 1 is 1.24 bits per heavy atom. The number of amides is 1. The normalized spacial score (nSPS) is 14.0. The Morgan fingerprint density at radius 2 is 2.12 bits per heavy atom. The largest absolute Gasteiger partial charge is 0.354 e. The van der Waals surface area contributed by atoms with Crippen molar-refractivity contribution in [3.8, 4) is 0 Å². The summed E-state index contributed by atoms with van der Waals surface area (Å²) in [7, 11) is 0. The van der Waals surface area contributed by atoms with Crippen LogP contribution in [0.25, 0.3) is 10.8 Å². The number of nitrogens with zero attached hydrogens (tertiary/aromatic N) is 3. The summed E-state index contributed by atoms with van der Waals surface area (Å²) >= 11 is 0. The highest BCUT2D eigenvalue weighted by Gasteiger charge is 2.19. The smallest absolute Gasteiger partial charge is 0.241 e. The van der Waals surface area contributed by atoms with Gasteiger partial charge in [-0.15, -0.1) is 0 Å². The number of carbonyl (C=O) groups excluding carboxylic acids is 1. The van der Waals surface area contributed by atoms with E-state index in [1.807, 2.05) is 35.0 Å². The number of nitrogens with one attached hydrogen (secondary N) is 2. The summed E-state index contributed by atoms with van der Waals surface area (Å²) in [5.74, 6) is 0.698. The lowest BCUT2D eigenvalue weighted by Gasteiger charge is -2.05. The fourth-order valence-electron chi connectivity index (χ4n) is 3.08. The average molecular weight is 333 g/mol. The Kier molecular flexibility index (Phi) is 4.16. The Bertz CT molecular complexity index is 925. The number of aliphatic imine (C=N–C) groups is 1. The summed E-state index contributed by atoms with van der Waals surface area (Å²) in [5, 5.41) is 8.56. The molecule has 6 heteroatoms. The first-order valence-electron chi connectivity index (χ1n) is 8.37. The van der Waals surface area contributed by atoms with Crippen molar-refractivity contribution in [2.75, 3.05) is 18.4 Å². The van der Waals surface area contributed by atoms with Gasteiger partial charge in [-0.05, 0) is 17.9 Å². The molecule has 2 N–H and O–H groups in total. The number of carbonyl (C=O) groups is 1. The monoisotopic (exact) mass is 333 g/mol. The zero-order valence-electron chi connectivity index (χ0n) is 13.8. The number of amidine groups is 1. The summed E-state index contributed by atoms with van der Waals surface area (Å²) < 4.78 is 1.99. The molecule has 1 amide bonds. The van der Waals surface area contributed by atoms with Gasteiger partial charge in [0.1, 0.15) is 12.4 Å². The minimum Gasteiger partial charge on any atom is -0.354 e. The van der Waals surface area contributed by atoms with Crippen molar-refractivity contribution < 1.29 is 4.79 Å². The minimum atomic E-state index is -0.0666. The number of anilines is 1. The van der Waals surface area contributed by atoms with Crippen molar-refractivity contribution in [3.05, 3.63) is 60.7 Å². The number of hydrogen-bond acceptors (Lipinski definition) is 3. The van der Waals surface area contributed by atoms with Crippen molar-refractivity contribution in [3.63, 3.8) is 0 Å². The molecule has 6 nitrogen and oxygen atoms in total. The lowest BCUT2D eigenvalue weighted by molar-refractivity contribution is -0.119. The molecule has 25 heavy (non-hydrogen) atoms. The van der Waals surface area contributed by atoms with Crippen LogP contribution in [-0.4, -0.2) is 34.4 Å². The Morgan fingerprint density at radius 3 is 2.96 bits per heavy atom. The van der Waals surface area contributed by atoms with E-state index in [0.717, 1.165) is 30.1 Å². The standard InChI is InChI=1S/C19H19N5O/c25-17(21-8-3-10-24-11-9-20-13-24)12-22-19-15-6-1-4-14-5-2-7-16(23-19)18(14)15/h1-2,4-7,9,11,13H,3,8,10,12H2,(H,21,25)(H,22,23). The molecule has 1 aliphatic heterocycles. The van der Waals surface area contributed by atoms with Crippen LogP contribution in [0.2, 0.25) is 0 Å². The van der Waals surface area contributed by atoms with Gasteiger partial charge in [-0.1, -0.05) is 30.3 Å². The highest BCUT2D eigenvalue weighted by molar-refractivity contribution is 6.26. The Balaban J connectivity index is 1.33. The van der Waals surface area contributed by atoms with E-state index in [1.165, 1.54) is 10.8 Å². The van der Waals surface area contributed by atoms with Crippen LogP contribution in [-0.2, 0) is 11.3 Å². The summed E-state index contributed by atoms with van der Waals surface area (Å²) in [6, 6.07) is 12.3. The lowest BCUT2D eigenvalue weighted by Crippen LogP contribution is -2.28. The van der Waals surface area contributed by atoms with E-state index in [2.05, 4.69) is 32.7 Å². The number of rotatable bonds is 6. The molecule has 4 rings (SSSR count). The van der Waals surface area contributed by atoms with Crippen molar-refractivity contribution in [2.45, 2.75) is 13.0 Å². The number of imidazole rings is 1. The van der Waals surface area contributed by atoms with Crippen LogP contribution in [0.5, 0.6) is 0 Å². The van der Waals surface area contributed by atoms with Crippen LogP contribution in [0.4, 0.5) is 5.69 Å². The van der Waals surface area contributed by atoms with E-state index in [4.69, 9.17) is 0 Å². The maximum Gasteiger partial charge on any atom is 0.241 e. The van der Waals surface area contributed by atoms with Gasteiger partial charge < -0.3 is 15.2 Å². The van der Waals surface area contributed by atoms with E-state index in [9.17, 15) is 4.79 Å². The van der Waals surface area contributed by atoms with E-state index >= 15 is 0 Å². The molecular weight excluding hydrogens is 314 g/mol. The first kappa shape index (κ1) is 15.4. The summed E-state index contributed by atoms with van der Waals surface area (Å²) in [6.45, 7) is 1.59. The van der Waals surface area contributed by atoms with Gasteiger partial charge in [-0.2, -0.15) is 0 Å². The predicted octanol–water partition coefficient (Wildman–Crippen LogP) is 2.41. The van der Waals surface area contributed by atoms with Gasteiger partial charge in [-0.25, -0.2) is 4.98 Å². The molecule has 0 aliphatic carbocycles. The van der Waals surface area contributed by atoms with Crippen LogP contribution in [0, 0.1) is 0 Å². The highest BCUT2D eigenvalue weighted by Crippen LogP contribution is 2.32. The Labute approximate surface area is 145 Å². The zero-order chi connectivity index (χ0) is 17.1. The average Bonchev–Trinajstić information content (AvgIpc) is 3.27. The van der Waals surface area contributed by atoms with Crippen LogP contribution < -0.4 is 10.6 Å². The molecule has 3 aromatic rings. The quantitative estimate of drug-likeness (QED) is 0.681. The van der Waals surface area contributed by atoms with Gasteiger partial charge in [0.15, 0.2) is 0 Å². The van der Waals surface area contributed by atoms with Crippen molar-refractivity contribution in [1.29, 1.82) is 0 Å². The molecule has 0 fully saturated rings. The van der Waals surface area contributed by atoms with E-state index in [0.29, 0.717) is 6.54 Å². The van der Waals surface area contributed by atoms with Crippen LogP contribution in [0.15, 0.2) is 60.1 Å². The van der Waals surface area contributed by atoms with E-state index in [-0.39, 0.29) is 12.5 Å². The number of aromatic nitrogens is 2. The summed E-state index contributed by atoms with van der Waals surface area (Å²) in [4.78, 5) is 20.5. The van der Waals surface area contributed by atoms with Gasteiger partial charge >= 0.3 is 0 Å². The number of hydrogen-bond donors (Lipinski definition) is 2. The third-order valence-corrected chi connectivity index (χ3v) is 4.27. The number of aryl methyl sites for hydroxylation is 1. The molecule has 0 unspecified atom stereocenters. The highest BCUT2D eigenvalue weighted by atomic mass is 16.1. The molecular formula is C19H19N5O. The molecule has 2 heterocycles. The van der Waals surface area contributed by atoms with Crippen LogP contribution >= 0.6 is 0 Å². The second-order valence-corrected chi connectivity index (χ2v) is 6.00. The Hall–Kier alpha value is -3.15. The lowest BCUT2D eigenvalue weighted by atomic mass is 10.1. The maximum atomic E-state index is 12.0. The van der Waals surface area contributed by atoms with Gasteiger partial charge in [0.25, 0.3) is 0 Å². The summed E-state index contributed by atoms with van der Waals surface area (Å²) in [5.41, 5.74) is 2.11. The molecule has 126 valence electrons.